The molecule has 0 spiro atoms. The molecule has 0 aromatic heterocycles. The van der Waals surface area contributed by atoms with Gasteiger partial charge in [-0.2, -0.15) is 0 Å². The molecule has 2 aliphatic rings. The van der Waals surface area contributed by atoms with E-state index in [1.54, 1.807) is 0 Å². The molecule has 1 amide bonds. The molecule has 4 heteroatoms. The minimum atomic E-state index is -0.0405. The molecule has 1 saturated carbocycles. The summed E-state index contributed by atoms with van der Waals surface area (Å²) in [7, 11) is 0. The van der Waals surface area contributed by atoms with Crippen molar-refractivity contribution in [3.8, 4) is 0 Å². The fourth-order valence-electron chi connectivity index (χ4n) is 2.60. The number of rotatable bonds is 3. The molecule has 2 rings (SSSR count). The van der Waals surface area contributed by atoms with Crippen molar-refractivity contribution in [3.63, 3.8) is 0 Å². The average Bonchev–Trinajstić information content (AvgIpc) is 2.69. The van der Waals surface area contributed by atoms with Gasteiger partial charge in [0.05, 0.1) is 0 Å². The number of carbonyl (C=O) groups is 1. The molecule has 0 bridgehead atoms. The van der Waals surface area contributed by atoms with E-state index >= 15 is 0 Å². The first kappa shape index (κ1) is 12.4. The topological polar surface area (TPSA) is 53.5 Å². The van der Waals surface area contributed by atoms with Crippen LogP contribution >= 0.6 is 0 Å². The van der Waals surface area contributed by atoms with Crippen molar-refractivity contribution in [1.29, 1.82) is 0 Å². The van der Waals surface area contributed by atoms with Crippen LogP contribution in [0.3, 0.4) is 0 Å². The van der Waals surface area contributed by atoms with Gasteiger partial charge in [0, 0.05) is 6.54 Å². The Morgan fingerprint density at radius 2 is 2.00 bits per heavy atom. The van der Waals surface area contributed by atoms with E-state index in [2.05, 4.69) is 29.5 Å². The summed E-state index contributed by atoms with van der Waals surface area (Å²) >= 11 is 0. The van der Waals surface area contributed by atoms with Gasteiger partial charge in [-0.15, -0.1) is 0 Å². The number of hydrogen-bond donors (Lipinski definition) is 2. The lowest BCUT2D eigenvalue weighted by Gasteiger charge is -2.25. The number of aliphatic imine (C=N–C) groups is 1. The molecule has 17 heavy (non-hydrogen) atoms. The maximum absolute atomic E-state index is 11.9. The summed E-state index contributed by atoms with van der Waals surface area (Å²) in [5.41, 5.74) is 0. The van der Waals surface area contributed by atoms with Crippen LogP contribution < -0.4 is 10.6 Å². The zero-order valence-corrected chi connectivity index (χ0v) is 10.8. The standard InChI is InChI=1S/C13H23N3O/c1-9(2)8-14-13-15-11(12(17)16-13)10-6-4-3-5-7-10/h9-11H,3-8H2,1-2H3,(H2,14,15,16,17). The van der Waals surface area contributed by atoms with Crippen LogP contribution in [0.4, 0.5) is 0 Å². The van der Waals surface area contributed by atoms with Crippen molar-refractivity contribution < 1.29 is 4.79 Å². The molecule has 2 fully saturated rings. The highest BCUT2D eigenvalue weighted by molar-refractivity contribution is 6.06. The molecule has 96 valence electrons. The Hall–Kier alpha value is -1.06. The van der Waals surface area contributed by atoms with Crippen LogP contribution in [0.5, 0.6) is 0 Å². The number of hydrogen-bond acceptors (Lipinski definition) is 2. The van der Waals surface area contributed by atoms with E-state index in [1.165, 1.54) is 32.1 Å². The fourth-order valence-corrected chi connectivity index (χ4v) is 2.60. The predicted octanol–water partition coefficient (Wildman–Crippen LogP) is 1.67. The SMILES string of the molecule is CC(C)CN=C1NC(=O)C(C2CCCCC2)N1. The largest absolute Gasteiger partial charge is 0.344 e. The fraction of sp³-hybridized carbons (Fsp3) is 0.846. The van der Waals surface area contributed by atoms with Crippen LogP contribution in [-0.2, 0) is 4.79 Å². The van der Waals surface area contributed by atoms with E-state index in [9.17, 15) is 4.79 Å². The highest BCUT2D eigenvalue weighted by Gasteiger charge is 2.35. The molecule has 2 N–H and O–H groups in total. The van der Waals surface area contributed by atoms with Crippen molar-refractivity contribution in [1.82, 2.24) is 10.6 Å². The van der Waals surface area contributed by atoms with Gasteiger partial charge in [0.2, 0.25) is 5.91 Å². The highest BCUT2D eigenvalue weighted by Crippen LogP contribution is 2.27. The van der Waals surface area contributed by atoms with E-state index in [0.717, 1.165) is 6.54 Å². The zero-order valence-electron chi connectivity index (χ0n) is 10.8. The van der Waals surface area contributed by atoms with Gasteiger partial charge in [-0.25, -0.2) is 0 Å². The third-order valence-electron chi connectivity index (χ3n) is 3.55. The molecular weight excluding hydrogens is 214 g/mol. The lowest BCUT2D eigenvalue weighted by molar-refractivity contribution is -0.121. The second kappa shape index (κ2) is 5.52. The molecule has 1 heterocycles. The number of carbonyl (C=O) groups excluding carboxylic acids is 1. The Kier molecular flexibility index (Phi) is 4.02. The van der Waals surface area contributed by atoms with Crippen LogP contribution in [0.15, 0.2) is 4.99 Å². The van der Waals surface area contributed by atoms with Gasteiger partial charge in [0.25, 0.3) is 0 Å². The van der Waals surface area contributed by atoms with Crippen LogP contribution in [0.25, 0.3) is 0 Å². The van der Waals surface area contributed by atoms with Gasteiger partial charge in [0.15, 0.2) is 5.96 Å². The minimum absolute atomic E-state index is 0.0405. The van der Waals surface area contributed by atoms with Gasteiger partial charge in [-0.3, -0.25) is 15.1 Å². The summed E-state index contributed by atoms with van der Waals surface area (Å²) in [6.07, 6.45) is 6.17. The number of nitrogens with one attached hydrogen (secondary N) is 2. The summed E-state index contributed by atoms with van der Waals surface area (Å²) in [5.74, 6) is 1.81. The van der Waals surface area contributed by atoms with E-state index in [-0.39, 0.29) is 11.9 Å². The highest BCUT2D eigenvalue weighted by atomic mass is 16.2. The summed E-state index contributed by atoms with van der Waals surface area (Å²) in [5, 5.41) is 6.11. The molecule has 1 unspecified atom stereocenters. The molecular formula is C13H23N3O. The Bertz CT molecular complexity index is 306. The van der Waals surface area contributed by atoms with Gasteiger partial charge in [-0.05, 0) is 24.7 Å². The second-order valence-electron chi connectivity index (χ2n) is 5.59. The summed E-state index contributed by atoms with van der Waals surface area (Å²) in [4.78, 5) is 16.3. The Balaban J connectivity index is 1.92. The van der Waals surface area contributed by atoms with Crippen molar-refractivity contribution in [2.75, 3.05) is 6.54 Å². The van der Waals surface area contributed by atoms with Gasteiger partial charge < -0.3 is 5.32 Å². The van der Waals surface area contributed by atoms with E-state index in [0.29, 0.717) is 17.8 Å². The van der Waals surface area contributed by atoms with E-state index in [1.807, 2.05) is 0 Å². The maximum Gasteiger partial charge on any atom is 0.249 e. The number of guanidine groups is 1. The van der Waals surface area contributed by atoms with Crippen molar-refractivity contribution >= 4 is 11.9 Å². The third kappa shape index (κ3) is 3.20. The molecule has 1 atom stereocenters. The first-order valence-electron chi connectivity index (χ1n) is 6.78. The molecule has 0 aromatic carbocycles. The summed E-state index contributed by atoms with van der Waals surface area (Å²) in [6, 6.07) is -0.0405. The quantitative estimate of drug-likeness (QED) is 0.784. The van der Waals surface area contributed by atoms with Gasteiger partial charge in [-0.1, -0.05) is 33.1 Å². The molecule has 1 aliphatic carbocycles. The monoisotopic (exact) mass is 237 g/mol. The van der Waals surface area contributed by atoms with Gasteiger partial charge in [0.1, 0.15) is 6.04 Å². The minimum Gasteiger partial charge on any atom is -0.344 e. The normalized spacial score (nSPS) is 28.5. The Morgan fingerprint density at radius 1 is 1.29 bits per heavy atom. The first-order chi connectivity index (χ1) is 8.16. The zero-order chi connectivity index (χ0) is 12.3. The molecule has 0 radical (unpaired) electrons. The smallest absolute Gasteiger partial charge is 0.249 e. The third-order valence-corrected chi connectivity index (χ3v) is 3.55. The van der Waals surface area contributed by atoms with Gasteiger partial charge >= 0.3 is 0 Å². The van der Waals surface area contributed by atoms with Crippen molar-refractivity contribution in [3.05, 3.63) is 0 Å². The molecule has 1 saturated heterocycles. The van der Waals surface area contributed by atoms with Crippen LogP contribution in [0.1, 0.15) is 46.0 Å². The predicted molar refractivity (Wildman–Crippen MR) is 68.8 cm³/mol. The number of nitrogens with zero attached hydrogens (tertiary/aromatic N) is 1. The average molecular weight is 237 g/mol. The molecule has 0 aromatic rings. The van der Waals surface area contributed by atoms with Crippen molar-refractivity contribution in [2.24, 2.45) is 16.8 Å². The Labute approximate surface area is 103 Å². The second-order valence-corrected chi connectivity index (χ2v) is 5.59. The van der Waals surface area contributed by atoms with Crippen LogP contribution in [0, 0.1) is 11.8 Å². The maximum atomic E-state index is 11.9. The number of amides is 1. The first-order valence-corrected chi connectivity index (χ1v) is 6.78. The Morgan fingerprint density at radius 3 is 2.65 bits per heavy atom. The summed E-state index contributed by atoms with van der Waals surface area (Å²) < 4.78 is 0. The van der Waals surface area contributed by atoms with E-state index in [4.69, 9.17) is 0 Å². The van der Waals surface area contributed by atoms with E-state index < -0.39 is 0 Å². The lowest BCUT2D eigenvalue weighted by Crippen LogP contribution is -2.38. The summed E-state index contributed by atoms with van der Waals surface area (Å²) in [6.45, 7) is 5.01. The van der Waals surface area contributed by atoms with Crippen LogP contribution in [-0.4, -0.2) is 24.5 Å². The molecule has 4 nitrogen and oxygen atoms in total. The molecule has 1 aliphatic heterocycles. The lowest BCUT2D eigenvalue weighted by atomic mass is 9.84. The van der Waals surface area contributed by atoms with Crippen LogP contribution in [0.2, 0.25) is 0 Å². The van der Waals surface area contributed by atoms with Crippen molar-refractivity contribution in [2.45, 2.75) is 52.0 Å².